The highest BCUT2D eigenvalue weighted by molar-refractivity contribution is 7.22. The second kappa shape index (κ2) is 7.36. The van der Waals surface area contributed by atoms with E-state index < -0.39 is 0 Å². The number of nitrogens with zero attached hydrogens (tertiary/aromatic N) is 3. The number of thiazole rings is 1. The maximum Gasteiger partial charge on any atom is 0.280 e. The van der Waals surface area contributed by atoms with Gasteiger partial charge in [-0.05, 0) is 67.4 Å². The number of halogens is 1. The molecule has 0 unspecified atom stereocenters. The second-order valence-corrected chi connectivity index (χ2v) is 7.29. The Morgan fingerprint density at radius 2 is 2.04 bits per heavy atom. The van der Waals surface area contributed by atoms with E-state index in [1.54, 1.807) is 24.3 Å². The molecule has 0 aliphatic heterocycles. The Morgan fingerprint density at radius 3 is 2.79 bits per heavy atom. The summed E-state index contributed by atoms with van der Waals surface area (Å²) < 4.78 is 19.4. The minimum atomic E-state index is -0.353. The van der Waals surface area contributed by atoms with Gasteiger partial charge in [-0.2, -0.15) is 10.1 Å². The third-order valence-corrected chi connectivity index (χ3v) is 5.30. The Hall–Kier alpha value is -3.32. The molecule has 7 heteroatoms. The van der Waals surface area contributed by atoms with E-state index in [0.29, 0.717) is 26.7 Å². The predicted octanol–water partition coefficient (Wildman–Crippen LogP) is 5.33. The number of carbonyl (C=O) groups excluding carboxylic acids is 1. The van der Waals surface area contributed by atoms with Crippen molar-refractivity contribution in [2.45, 2.75) is 13.8 Å². The van der Waals surface area contributed by atoms with E-state index in [1.165, 1.54) is 41.0 Å². The fourth-order valence-corrected chi connectivity index (χ4v) is 3.59. The van der Waals surface area contributed by atoms with E-state index in [4.69, 9.17) is 4.42 Å². The summed E-state index contributed by atoms with van der Waals surface area (Å²) >= 11 is 1.20. The lowest BCUT2D eigenvalue weighted by Gasteiger charge is -2.14. The molecule has 2 aromatic carbocycles. The van der Waals surface area contributed by atoms with Gasteiger partial charge in [-0.25, -0.2) is 9.37 Å². The molecule has 0 spiro atoms. The molecule has 28 heavy (non-hydrogen) atoms. The van der Waals surface area contributed by atoms with E-state index in [2.05, 4.69) is 10.1 Å². The average molecular weight is 393 g/mol. The van der Waals surface area contributed by atoms with Crippen molar-refractivity contribution in [1.82, 2.24) is 4.98 Å². The summed E-state index contributed by atoms with van der Waals surface area (Å²) in [7, 11) is 0. The molecular formula is C21H16FN3O2S. The standard InChI is InChI=1S/C21H16FN3O2S/c1-13-5-6-15(10-14(13)2)20(26)25(23-12-17-4-3-9-27-17)21-24-18-8-7-16(22)11-19(18)28-21/h3-12H,1-2H3/b23-12-. The molecule has 1 amide bonds. The Balaban J connectivity index is 1.77. The topological polar surface area (TPSA) is 58.7 Å². The summed E-state index contributed by atoms with van der Waals surface area (Å²) in [5.74, 6) is -0.177. The van der Waals surface area contributed by atoms with Crippen molar-refractivity contribution in [3.63, 3.8) is 0 Å². The van der Waals surface area contributed by atoms with Crippen LogP contribution in [0.25, 0.3) is 10.2 Å². The van der Waals surface area contributed by atoms with Crippen LogP contribution in [0.15, 0.2) is 64.3 Å². The summed E-state index contributed by atoms with van der Waals surface area (Å²) in [5, 5.41) is 5.87. The molecule has 2 heterocycles. The number of furan rings is 1. The van der Waals surface area contributed by atoms with Gasteiger partial charge in [0, 0.05) is 5.56 Å². The number of anilines is 1. The number of fused-ring (bicyclic) bond motifs is 1. The zero-order valence-electron chi connectivity index (χ0n) is 15.2. The number of benzene rings is 2. The molecule has 0 bridgehead atoms. The molecule has 0 radical (unpaired) electrons. The molecule has 0 aliphatic carbocycles. The summed E-state index contributed by atoms with van der Waals surface area (Å²) in [6, 6.07) is 13.3. The SMILES string of the molecule is Cc1ccc(C(=O)N(/N=C\c2ccco2)c2nc3ccc(F)cc3s2)cc1C. The average Bonchev–Trinajstić information content (AvgIpc) is 3.33. The maximum atomic E-state index is 13.5. The first-order valence-electron chi connectivity index (χ1n) is 8.56. The minimum Gasteiger partial charge on any atom is -0.463 e. The van der Waals surface area contributed by atoms with Crippen molar-refractivity contribution in [3.05, 3.63) is 83.1 Å². The lowest BCUT2D eigenvalue weighted by Crippen LogP contribution is -2.25. The van der Waals surface area contributed by atoms with Crippen LogP contribution in [0.3, 0.4) is 0 Å². The van der Waals surface area contributed by atoms with Gasteiger partial charge >= 0.3 is 0 Å². The van der Waals surface area contributed by atoms with Crippen molar-refractivity contribution in [2.24, 2.45) is 5.10 Å². The van der Waals surface area contributed by atoms with Gasteiger partial charge in [0.2, 0.25) is 5.13 Å². The number of aromatic nitrogens is 1. The van der Waals surface area contributed by atoms with E-state index in [9.17, 15) is 9.18 Å². The van der Waals surface area contributed by atoms with Crippen molar-refractivity contribution in [3.8, 4) is 0 Å². The Bertz CT molecular complexity index is 1180. The Morgan fingerprint density at radius 1 is 1.18 bits per heavy atom. The van der Waals surface area contributed by atoms with Crippen LogP contribution >= 0.6 is 11.3 Å². The fourth-order valence-electron chi connectivity index (χ4n) is 2.64. The molecule has 5 nitrogen and oxygen atoms in total. The van der Waals surface area contributed by atoms with Crippen molar-refractivity contribution >= 4 is 38.8 Å². The number of amides is 1. The molecular weight excluding hydrogens is 377 g/mol. The van der Waals surface area contributed by atoms with Gasteiger partial charge in [0.05, 0.1) is 22.7 Å². The van der Waals surface area contributed by atoms with Crippen LogP contribution in [-0.2, 0) is 0 Å². The van der Waals surface area contributed by atoms with Crippen LogP contribution in [0.2, 0.25) is 0 Å². The predicted molar refractivity (Wildman–Crippen MR) is 109 cm³/mol. The molecule has 0 saturated carbocycles. The van der Waals surface area contributed by atoms with Gasteiger partial charge in [0.25, 0.3) is 5.91 Å². The molecule has 0 saturated heterocycles. The summed E-state index contributed by atoms with van der Waals surface area (Å²) in [6.45, 7) is 3.93. The zero-order chi connectivity index (χ0) is 19.7. The Labute approximate surface area is 164 Å². The van der Waals surface area contributed by atoms with Crippen LogP contribution < -0.4 is 5.01 Å². The first kappa shape index (κ1) is 18.1. The first-order valence-corrected chi connectivity index (χ1v) is 9.38. The third-order valence-electron chi connectivity index (χ3n) is 4.31. The van der Waals surface area contributed by atoms with Gasteiger partial charge in [0.1, 0.15) is 11.6 Å². The zero-order valence-corrected chi connectivity index (χ0v) is 16.0. The maximum absolute atomic E-state index is 13.5. The highest BCUT2D eigenvalue weighted by Crippen LogP contribution is 2.30. The monoisotopic (exact) mass is 393 g/mol. The van der Waals surface area contributed by atoms with Crippen molar-refractivity contribution in [2.75, 3.05) is 5.01 Å². The Kier molecular flexibility index (Phi) is 4.75. The van der Waals surface area contributed by atoms with Crippen LogP contribution in [-0.4, -0.2) is 17.1 Å². The lowest BCUT2D eigenvalue weighted by molar-refractivity contribution is 0.0987. The van der Waals surface area contributed by atoms with Gasteiger partial charge in [-0.3, -0.25) is 4.79 Å². The smallest absolute Gasteiger partial charge is 0.280 e. The van der Waals surface area contributed by atoms with Gasteiger partial charge in [-0.1, -0.05) is 17.4 Å². The molecule has 4 rings (SSSR count). The fraction of sp³-hybridized carbons (Fsp3) is 0.0952. The molecule has 4 aromatic rings. The van der Waals surface area contributed by atoms with E-state index in [-0.39, 0.29) is 11.7 Å². The lowest BCUT2D eigenvalue weighted by atomic mass is 10.1. The number of carbonyl (C=O) groups is 1. The summed E-state index contributed by atoms with van der Waals surface area (Å²) in [6.07, 6.45) is 2.98. The molecule has 0 aliphatic rings. The van der Waals surface area contributed by atoms with Crippen LogP contribution in [0.4, 0.5) is 9.52 Å². The molecule has 0 fully saturated rings. The first-order chi connectivity index (χ1) is 13.5. The van der Waals surface area contributed by atoms with Gasteiger partial charge in [0.15, 0.2) is 0 Å². The quantitative estimate of drug-likeness (QED) is 0.348. The normalized spacial score (nSPS) is 11.4. The number of hydrogen-bond donors (Lipinski definition) is 0. The highest BCUT2D eigenvalue weighted by Gasteiger charge is 2.21. The van der Waals surface area contributed by atoms with E-state index in [0.717, 1.165) is 11.1 Å². The van der Waals surface area contributed by atoms with Crippen LogP contribution in [0.5, 0.6) is 0 Å². The molecule has 2 aromatic heterocycles. The third kappa shape index (κ3) is 3.57. The van der Waals surface area contributed by atoms with Gasteiger partial charge < -0.3 is 4.42 Å². The molecule has 0 atom stereocenters. The van der Waals surface area contributed by atoms with Crippen LogP contribution in [0, 0.1) is 19.7 Å². The van der Waals surface area contributed by atoms with Crippen molar-refractivity contribution < 1.29 is 13.6 Å². The number of rotatable bonds is 4. The molecule has 140 valence electrons. The number of hydrazone groups is 1. The minimum absolute atomic E-state index is 0.328. The van der Waals surface area contributed by atoms with E-state index >= 15 is 0 Å². The number of aryl methyl sites for hydroxylation is 2. The van der Waals surface area contributed by atoms with Gasteiger partial charge in [-0.15, -0.1) is 0 Å². The molecule has 0 N–H and O–H groups in total. The second-order valence-electron chi connectivity index (χ2n) is 6.28. The largest absolute Gasteiger partial charge is 0.463 e. The van der Waals surface area contributed by atoms with Crippen LogP contribution in [0.1, 0.15) is 27.2 Å². The van der Waals surface area contributed by atoms with Crippen molar-refractivity contribution in [1.29, 1.82) is 0 Å². The summed E-state index contributed by atoms with van der Waals surface area (Å²) in [5.41, 5.74) is 3.20. The summed E-state index contributed by atoms with van der Waals surface area (Å²) in [4.78, 5) is 17.6. The highest BCUT2D eigenvalue weighted by atomic mass is 32.1. The number of hydrogen-bond acceptors (Lipinski definition) is 5. The van der Waals surface area contributed by atoms with E-state index in [1.807, 2.05) is 26.0 Å².